The van der Waals surface area contributed by atoms with Gasteiger partial charge < -0.3 is 16.2 Å². The van der Waals surface area contributed by atoms with Gasteiger partial charge in [0, 0.05) is 6.08 Å². The smallest absolute Gasteiger partial charge is 0.339 e. The molecule has 9 heteroatoms. The van der Waals surface area contributed by atoms with E-state index in [1.54, 1.807) is 54.6 Å². The van der Waals surface area contributed by atoms with Crippen molar-refractivity contribution in [2.24, 2.45) is 5.73 Å². The van der Waals surface area contributed by atoms with Crippen LogP contribution in [0.15, 0.2) is 95.9 Å². The van der Waals surface area contributed by atoms with Crippen LogP contribution in [0, 0.1) is 0 Å². The summed E-state index contributed by atoms with van der Waals surface area (Å²) in [5, 5.41) is 0. The Kier molecular flexibility index (Phi) is 5.56. The fourth-order valence-electron chi connectivity index (χ4n) is 3.75. The van der Waals surface area contributed by atoms with Gasteiger partial charge in [0.2, 0.25) is 11.9 Å². The molecule has 172 valence electrons. The number of amides is 1. The standard InChI is InChI=1S/C26H20N6O3/c27-23(33)15-10-17-6-4-5-9-21(17)32-24-22(16-29-25(28)30-24)31(26(32)34)18-11-13-20(14-12-18)35-19-7-2-1-3-8-19/h1-16H,(H2,27,33)(H2,28,29,30). The second-order valence-electron chi connectivity index (χ2n) is 7.59. The summed E-state index contributed by atoms with van der Waals surface area (Å²) in [5.74, 6) is 0.761. The number of hydrogen-bond donors (Lipinski definition) is 2. The highest BCUT2D eigenvalue weighted by molar-refractivity contribution is 5.91. The second kappa shape index (κ2) is 8.99. The van der Waals surface area contributed by atoms with Crippen LogP contribution in [0.4, 0.5) is 5.95 Å². The van der Waals surface area contributed by atoms with Gasteiger partial charge in [0.25, 0.3) is 0 Å². The summed E-state index contributed by atoms with van der Waals surface area (Å²) in [6, 6.07) is 23.6. The lowest BCUT2D eigenvalue weighted by Gasteiger charge is -2.08. The first kappa shape index (κ1) is 21.7. The van der Waals surface area contributed by atoms with Crippen molar-refractivity contribution >= 4 is 29.1 Å². The number of aromatic nitrogens is 4. The monoisotopic (exact) mass is 464 g/mol. The van der Waals surface area contributed by atoms with Gasteiger partial charge in [-0.15, -0.1) is 0 Å². The minimum absolute atomic E-state index is 0.0279. The molecular formula is C26H20N6O3. The predicted molar refractivity (Wildman–Crippen MR) is 134 cm³/mol. The molecule has 0 aliphatic heterocycles. The zero-order chi connectivity index (χ0) is 24.4. The van der Waals surface area contributed by atoms with Crippen molar-refractivity contribution in [3.8, 4) is 22.9 Å². The molecule has 5 rings (SSSR count). The molecule has 5 aromatic rings. The number of nitrogens with two attached hydrogens (primary N) is 2. The zero-order valence-electron chi connectivity index (χ0n) is 18.4. The minimum Gasteiger partial charge on any atom is -0.457 e. The van der Waals surface area contributed by atoms with E-state index in [1.165, 1.54) is 21.4 Å². The van der Waals surface area contributed by atoms with E-state index < -0.39 is 5.91 Å². The Morgan fingerprint density at radius 1 is 0.886 bits per heavy atom. The Morgan fingerprint density at radius 3 is 2.31 bits per heavy atom. The molecule has 35 heavy (non-hydrogen) atoms. The summed E-state index contributed by atoms with van der Waals surface area (Å²) in [7, 11) is 0. The fraction of sp³-hybridized carbons (Fsp3) is 0. The first-order valence-corrected chi connectivity index (χ1v) is 10.7. The third kappa shape index (κ3) is 4.25. The van der Waals surface area contributed by atoms with Crippen molar-refractivity contribution in [3.05, 3.63) is 107 Å². The van der Waals surface area contributed by atoms with Crippen LogP contribution in [0.3, 0.4) is 0 Å². The summed E-state index contributed by atoms with van der Waals surface area (Å²) >= 11 is 0. The average Bonchev–Trinajstić information content (AvgIpc) is 3.14. The molecular weight excluding hydrogens is 444 g/mol. The SMILES string of the molecule is NC(=O)C=Cc1ccccc1-n1c(=O)n(-c2ccc(Oc3ccccc3)cc2)c2cnc(N)nc21. The Morgan fingerprint density at radius 2 is 1.57 bits per heavy atom. The summed E-state index contributed by atoms with van der Waals surface area (Å²) in [6.45, 7) is 0. The molecule has 9 nitrogen and oxygen atoms in total. The number of para-hydroxylation sites is 2. The normalized spacial score (nSPS) is 11.2. The molecule has 0 saturated heterocycles. The van der Waals surface area contributed by atoms with Crippen molar-refractivity contribution in [2.45, 2.75) is 0 Å². The van der Waals surface area contributed by atoms with Gasteiger partial charge in [-0.05, 0) is 54.1 Å². The highest BCUT2D eigenvalue weighted by atomic mass is 16.5. The molecule has 0 atom stereocenters. The lowest BCUT2D eigenvalue weighted by molar-refractivity contribution is -0.113. The first-order chi connectivity index (χ1) is 17.0. The van der Waals surface area contributed by atoms with Crippen LogP contribution in [0.25, 0.3) is 28.6 Å². The zero-order valence-corrected chi connectivity index (χ0v) is 18.4. The molecule has 0 aliphatic carbocycles. The number of hydrogen-bond acceptors (Lipinski definition) is 6. The largest absolute Gasteiger partial charge is 0.457 e. The van der Waals surface area contributed by atoms with Gasteiger partial charge in [0.15, 0.2) is 5.65 Å². The number of primary amides is 1. The number of carbonyl (C=O) groups excluding carboxylic acids is 1. The maximum Gasteiger partial charge on any atom is 0.339 e. The quantitative estimate of drug-likeness (QED) is 0.370. The van der Waals surface area contributed by atoms with Gasteiger partial charge >= 0.3 is 5.69 Å². The second-order valence-corrected chi connectivity index (χ2v) is 7.59. The Bertz CT molecular complexity index is 1620. The van der Waals surface area contributed by atoms with E-state index in [0.29, 0.717) is 39.6 Å². The Labute approximate surface area is 199 Å². The van der Waals surface area contributed by atoms with E-state index in [9.17, 15) is 9.59 Å². The number of ether oxygens (including phenoxy) is 1. The third-order valence-corrected chi connectivity index (χ3v) is 5.28. The molecule has 0 aliphatic rings. The van der Waals surface area contributed by atoms with Gasteiger partial charge in [-0.25, -0.2) is 14.3 Å². The summed E-state index contributed by atoms with van der Waals surface area (Å²) < 4.78 is 8.79. The number of imidazole rings is 1. The van der Waals surface area contributed by atoms with Crippen LogP contribution in [-0.2, 0) is 4.79 Å². The third-order valence-electron chi connectivity index (χ3n) is 5.28. The predicted octanol–water partition coefficient (Wildman–Crippen LogP) is 3.44. The van der Waals surface area contributed by atoms with Crippen molar-refractivity contribution in [2.75, 3.05) is 5.73 Å². The summed E-state index contributed by atoms with van der Waals surface area (Å²) in [5.41, 5.74) is 13.3. The van der Waals surface area contributed by atoms with Gasteiger partial charge in [-0.1, -0.05) is 36.4 Å². The maximum absolute atomic E-state index is 13.7. The molecule has 4 N–H and O–H groups in total. The van der Waals surface area contributed by atoms with Crippen LogP contribution in [0.2, 0.25) is 0 Å². The lowest BCUT2D eigenvalue weighted by atomic mass is 10.1. The molecule has 0 spiro atoms. The van der Waals surface area contributed by atoms with Gasteiger partial charge in [0.05, 0.1) is 17.6 Å². The number of nitrogen functional groups attached to an aromatic ring is 1. The Hall–Kier alpha value is -5.18. The minimum atomic E-state index is -0.598. The van der Waals surface area contributed by atoms with Crippen molar-refractivity contribution in [3.63, 3.8) is 0 Å². The maximum atomic E-state index is 13.7. The molecule has 0 fully saturated rings. The van der Waals surface area contributed by atoms with Gasteiger partial charge in [-0.3, -0.25) is 9.36 Å². The molecule has 0 unspecified atom stereocenters. The average molecular weight is 464 g/mol. The molecule has 0 bridgehead atoms. The van der Waals surface area contributed by atoms with Crippen LogP contribution in [-0.4, -0.2) is 25.0 Å². The number of anilines is 1. The number of rotatable bonds is 6. The molecule has 0 radical (unpaired) electrons. The van der Waals surface area contributed by atoms with Gasteiger partial charge in [-0.2, -0.15) is 4.98 Å². The van der Waals surface area contributed by atoms with E-state index >= 15 is 0 Å². The molecule has 2 aromatic heterocycles. The van der Waals surface area contributed by atoms with Crippen molar-refractivity contribution < 1.29 is 9.53 Å². The van der Waals surface area contributed by atoms with E-state index in [4.69, 9.17) is 16.2 Å². The van der Waals surface area contributed by atoms with Crippen LogP contribution in [0.5, 0.6) is 11.5 Å². The fourth-order valence-corrected chi connectivity index (χ4v) is 3.75. The summed E-state index contributed by atoms with van der Waals surface area (Å²) in [4.78, 5) is 33.5. The lowest BCUT2D eigenvalue weighted by Crippen LogP contribution is -2.22. The number of fused-ring (bicyclic) bond motifs is 1. The number of nitrogens with zero attached hydrogens (tertiary/aromatic N) is 4. The molecule has 0 saturated carbocycles. The van der Waals surface area contributed by atoms with E-state index in [1.807, 2.05) is 30.3 Å². The van der Waals surface area contributed by atoms with Crippen LogP contribution < -0.4 is 21.9 Å². The molecule has 1 amide bonds. The first-order valence-electron chi connectivity index (χ1n) is 10.7. The highest BCUT2D eigenvalue weighted by Gasteiger charge is 2.19. The van der Waals surface area contributed by atoms with Crippen LogP contribution >= 0.6 is 0 Å². The highest BCUT2D eigenvalue weighted by Crippen LogP contribution is 2.25. The molecule has 2 heterocycles. The van der Waals surface area contributed by atoms with E-state index in [0.717, 1.165) is 0 Å². The summed E-state index contributed by atoms with van der Waals surface area (Å²) in [6.07, 6.45) is 4.29. The topological polar surface area (TPSA) is 131 Å². The van der Waals surface area contributed by atoms with Gasteiger partial charge in [0.1, 0.15) is 17.0 Å². The van der Waals surface area contributed by atoms with E-state index in [-0.39, 0.29) is 11.6 Å². The number of benzene rings is 3. The number of carbonyl (C=O) groups is 1. The molecule has 3 aromatic carbocycles. The van der Waals surface area contributed by atoms with Crippen molar-refractivity contribution in [1.29, 1.82) is 0 Å². The Balaban J connectivity index is 1.65. The van der Waals surface area contributed by atoms with E-state index in [2.05, 4.69) is 9.97 Å². The van der Waals surface area contributed by atoms with Crippen LogP contribution in [0.1, 0.15) is 5.56 Å². The van der Waals surface area contributed by atoms with Crippen molar-refractivity contribution in [1.82, 2.24) is 19.1 Å².